The molecule has 0 saturated carbocycles. The summed E-state index contributed by atoms with van der Waals surface area (Å²) in [4.78, 5) is 44.2. The van der Waals surface area contributed by atoms with Gasteiger partial charge >= 0.3 is 0 Å². The van der Waals surface area contributed by atoms with Crippen LogP contribution in [0.3, 0.4) is 0 Å². The number of nitrogens with one attached hydrogen (secondary N) is 4. The van der Waals surface area contributed by atoms with Crippen molar-refractivity contribution in [2.75, 3.05) is 70.9 Å². The number of aromatic nitrogens is 1. The molecule has 3 aromatic carbocycles. The van der Waals surface area contributed by atoms with Gasteiger partial charge in [0.2, 0.25) is 11.3 Å². The molecule has 0 aliphatic carbocycles. The molecule has 12 nitrogen and oxygen atoms in total. The Labute approximate surface area is 287 Å². The molecule has 0 bridgehead atoms. The summed E-state index contributed by atoms with van der Waals surface area (Å²) in [5, 5.41) is 13.9. The van der Waals surface area contributed by atoms with Crippen molar-refractivity contribution in [3.05, 3.63) is 70.3 Å². The molecule has 8 rings (SSSR count). The largest absolute Gasteiger partial charge is 0.456 e. The lowest BCUT2D eigenvalue weighted by Crippen LogP contribution is -2.42. The van der Waals surface area contributed by atoms with Crippen LogP contribution in [0.2, 0.25) is 0 Å². The number of nitrogens with zero attached hydrogens (tertiary/aromatic N) is 3. The van der Waals surface area contributed by atoms with Crippen molar-refractivity contribution < 1.29 is 23.1 Å². The van der Waals surface area contributed by atoms with Crippen molar-refractivity contribution >= 4 is 50.3 Å². The van der Waals surface area contributed by atoms with E-state index in [9.17, 15) is 14.4 Å². The van der Waals surface area contributed by atoms with Gasteiger partial charge in [-0.2, -0.15) is 0 Å². The minimum absolute atomic E-state index is 0.0421. The average molecular weight is 682 g/mol. The molecular weight excluding hydrogens is 641 g/mol. The second-order valence-corrected chi connectivity index (χ2v) is 13.3. The van der Waals surface area contributed by atoms with Gasteiger partial charge in [0.25, 0.3) is 5.91 Å². The molecule has 2 saturated heterocycles. The summed E-state index contributed by atoms with van der Waals surface area (Å²) in [6, 6.07) is 12.4. The average Bonchev–Trinajstić information content (AvgIpc) is 3.88. The van der Waals surface area contributed by atoms with E-state index in [4.69, 9.17) is 9.15 Å². The minimum Gasteiger partial charge on any atom is -0.456 e. The number of pyridine rings is 1. The first-order valence-corrected chi connectivity index (χ1v) is 17.3. The summed E-state index contributed by atoms with van der Waals surface area (Å²) in [5.41, 5.74) is 1.80. The van der Waals surface area contributed by atoms with Gasteiger partial charge in [0.05, 0.1) is 17.6 Å². The van der Waals surface area contributed by atoms with E-state index in [0.717, 1.165) is 43.2 Å². The van der Waals surface area contributed by atoms with Gasteiger partial charge in [-0.15, -0.1) is 0 Å². The van der Waals surface area contributed by atoms with Crippen LogP contribution < -0.4 is 36.3 Å². The number of anilines is 1. The number of halogens is 1. The molecule has 260 valence electrons. The van der Waals surface area contributed by atoms with E-state index in [1.807, 2.05) is 48.3 Å². The molecule has 0 spiro atoms. The Morgan fingerprint density at radius 2 is 1.82 bits per heavy atom. The standard InChI is InChI=1S/C37H40FN7O5/c1-39-9-10-40-19-32(46)42-22-8-14-44(20-22)34-27(38)16-25-33-36(34)50-31-17-24-23-6-2-3-7-29(23)49-30(24)18-28(31)45(33)21-26(35(25)47)37(48)41-11-15-43-12-4-5-13-43/h2-3,6-7,16-18,21-22,39-40H,4-5,8-15,19-20H2,1H3,(H,41,48)(H,42,46)/t22-/m1/s1. The second-order valence-electron chi connectivity index (χ2n) is 13.3. The normalized spacial score (nSPS) is 17.1. The number of likely N-dealkylation sites (N-methyl/N-ethyl adjacent to an activating group) is 1. The quantitative estimate of drug-likeness (QED) is 0.152. The zero-order valence-electron chi connectivity index (χ0n) is 27.9. The van der Waals surface area contributed by atoms with E-state index in [1.54, 1.807) is 4.57 Å². The van der Waals surface area contributed by atoms with Gasteiger partial charge in [-0.1, -0.05) is 18.2 Å². The Balaban J connectivity index is 1.18. The number of hydrogen-bond acceptors (Lipinski definition) is 9. The molecule has 0 unspecified atom stereocenters. The van der Waals surface area contributed by atoms with Crippen LogP contribution in [0.25, 0.3) is 38.5 Å². The van der Waals surface area contributed by atoms with Gasteiger partial charge < -0.3 is 44.8 Å². The van der Waals surface area contributed by atoms with Crippen molar-refractivity contribution in [2.24, 2.45) is 0 Å². The first-order valence-electron chi connectivity index (χ1n) is 17.3. The van der Waals surface area contributed by atoms with E-state index < -0.39 is 17.2 Å². The zero-order chi connectivity index (χ0) is 34.4. The SMILES string of the molecule is CNCCNCC(=O)N[C@@H]1CCN(c2c(F)cc3c(=O)c(C(=O)NCCN4CCCC4)cn4c3c2Oc2cc3c(cc2-4)oc2ccccc23)C1. The molecule has 13 heteroatoms. The van der Waals surface area contributed by atoms with Crippen molar-refractivity contribution in [3.8, 4) is 17.2 Å². The number of fused-ring (bicyclic) bond motifs is 5. The molecule has 2 aromatic heterocycles. The molecule has 2 amide bonds. The van der Waals surface area contributed by atoms with Crippen LogP contribution in [0, 0.1) is 5.82 Å². The van der Waals surface area contributed by atoms with Gasteiger partial charge in [-0.3, -0.25) is 14.4 Å². The van der Waals surface area contributed by atoms with Gasteiger partial charge in [-0.05, 0) is 57.6 Å². The first-order chi connectivity index (χ1) is 24.4. The van der Waals surface area contributed by atoms with Crippen LogP contribution in [-0.2, 0) is 4.79 Å². The highest BCUT2D eigenvalue weighted by atomic mass is 19.1. The number of benzene rings is 3. The fourth-order valence-electron chi connectivity index (χ4n) is 7.48. The van der Waals surface area contributed by atoms with Crippen molar-refractivity contribution in [1.29, 1.82) is 0 Å². The molecule has 4 N–H and O–H groups in total. The number of carbonyl (C=O) groups is 2. The highest BCUT2D eigenvalue weighted by molar-refractivity contribution is 6.07. The third-order valence-corrected chi connectivity index (χ3v) is 9.96. The lowest BCUT2D eigenvalue weighted by atomic mass is 10.0. The van der Waals surface area contributed by atoms with Crippen LogP contribution in [0.15, 0.2) is 57.9 Å². The molecular formula is C37H40FN7O5. The third-order valence-electron chi connectivity index (χ3n) is 9.96. The minimum atomic E-state index is -0.637. The van der Waals surface area contributed by atoms with Crippen molar-refractivity contribution in [3.63, 3.8) is 0 Å². The van der Waals surface area contributed by atoms with Crippen LogP contribution in [0.1, 0.15) is 29.6 Å². The molecule has 0 radical (unpaired) electrons. The fourth-order valence-corrected chi connectivity index (χ4v) is 7.48. The monoisotopic (exact) mass is 681 g/mol. The Hall–Kier alpha value is -4.98. The van der Waals surface area contributed by atoms with E-state index in [-0.39, 0.29) is 40.9 Å². The predicted octanol–water partition coefficient (Wildman–Crippen LogP) is 3.46. The highest BCUT2D eigenvalue weighted by Crippen LogP contribution is 2.49. The van der Waals surface area contributed by atoms with Crippen molar-refractivity contribution in [2.45, 2.75) is 25.3 Å². The Morgan fingerprint density at radius 1 is 0.980 bits per heavy atom. The van der Waals surface area contributed by atoms with E-state index in [1.165, 1.54) is 12.3 Å². The number of likely N-dealkylation sites (tertiary alicyclic amines) is 1. The number of amides is 2. The Morgan fingerprint density at radius 3 is 2.66 bits per heavy atom. The molecule has 3 aliphatic rings. The summed E-state index contributed by atoms with van der Waals surface area (Å²) in [5.74, 6) is -0.650. The summed E-state index contributed by atoms with van der Waals surface area (Å²) in [6.45, 7) is 5.51. The van der Waals surface area contributed by atoms with Gasteiger partial charge in [0.15, 0.2) is 17.3 Å². The van der Waals surface area contributed by atoms with E-state index >= 15 is 4.39 Å². The number of rotatable bonds is 11. The lowest BCUT2D eigenvalue weighted by molar-refractivity contribution is -0.120. The predicted molar refractivity (Wildman–Crippen MR) is 190 cm³/mol. The van der Waals surface area contributed by atoms with Crippen LogP contribution in [0.5, 0.6) is 11.5 Å². The number of para-hydroxylation sites is 1. The van der Waals surface area contributed by atoms with Crippen molar-refractivity contribution in [1.82, 2.24) is 30.7 Å². The molecule has 1 atom stereocenters. The molecule has 3 aliphatic heterocycles. The Kier molecular flexibility index (Phi) is 8.63. The number of furan rings is 1. The summed E-state index contributed by atoms with van der Waals surface area (Å²) in [7, 11) is 1.85. The molecule has 2 fully saturated rings. The van der Waals surface area contributed by atoms with Crippen LogP contribution >= 0.6 is 0 Å². The second kappa shape index (κ2) is 13.4. The number of ether oxygens (including phenoxy) is 1. The van der Waals surface area contributed by atoms with Gasteiger partial charge in [0, 0.05) is 68.3 Å². The maximum atomic E-state index is 16.4. The van der Waals surface area contributed by atoms with Crippen LogP contribution in [-0.4, -0.2) is 93.3 Å². The summed E-state index contributed by atoms with van der Waals surface area (Å²) >= 11 is 0. The van der Waals surface area contributed by atoms with Gasteiger partial charge in [-0.25, -0.2) is 4.39 Å². The third kappa shape index (κ3) is 5.84. The molecule has 5 heterocycles. The number of carbonyl (C=O) groups excluding carboxylic acids is 2. The topological polar surface area (TPSA) is 133 Å². The summed E-state index contributed by atoms with van der Waals surface area (Å²) in [6.07, 6.45) is 4.42. The van der Waals surface area contributed by atoms with E-state index in [0.29, 0.717) is 67.3 Å². The van der Waals surface area contributed by atoms with E-state index in [2.05, 4.69) is 26.2 Å². The maximum absolute atomic E-state index is 16.4. The highest BCUT2D eigenvalue weighted by Gasteiger charge is 2.34. The summed E-state index contributed by atoms with van der Waals surface area (Å²) < 4.78 is 30.9. The zero-order valence-corrected chi connectivity index (χ0v) is 27.9. The maximum Gasteiger partial charge on any atom is 0.256 e. The number of hydrogen-bond donors (Lipinski definition) is 4. The Bertz CT molecular complexity index is 2190. The molecule has 50 heavy (non-hydrogen) atoms. The van der Waals surface area contributed by atoms with Crippen LogP contribution in [0.4, 0.5) is 10.1 Å². The first kappa shape index (κ1) is 32.2. The van der Waals surface area contributed by atoms with Gasteiger partial charge in [0.1, 0.15) is 27.9 Å². The molecule has 5 aromatic rings. The smallest absolute Gasteiger partial charge is 0.256 e. The fraction of sp³-hybridized carbons (Fsp3) is 0.378. The lowest BCUT2D eigenvalue weighted by Gasteiger charge is -2.29.